The predicted octanol–water partition coefficient (Wildman–Crippen LogP) is 1.67. The lowest BCUT2D eigenvalue weighted by Crippen LogP contribution is -2.47. The van der Waals surface area contributed by atoms with E-state index < -0.39 is 21.3 Å². The van der Waals surface area contributed by atoms with E-state index in [1.54, 1.807) is 4.90 Å². The largest absolute Gasteiger partial charge is 0.378 e. The van der Waals surface area contributed by atoms with Crippen LogP contribution in [0.25, 0.3) is 0 Å². The number of carbonyl (C=O) groups is 1. The number of rotatable bonds is 4. The number of nitrogens with one attached hydrogen (secondary N) is 1. The number of ether oxygens (including phenoxy) is 1. The van der Waals surface area contributed by atoms with Gasteiger partial charge in [0.15, 0.2) is 0 Å². The zero-order valence-corrected chi connectivity index (χ0v) is 14.8. The third-order valence-corrected chi connectivity index (χ3v) is 6.69. The zero-order valence-electron chi connectivity index (χ0n) is 14.0. The van der Waals surface area contributed by atoms with Gasteiger partial charge in [0.1, 0.15) is 6.04 Å². The number of amides is 1. The Bertz CT molecular complexity index is 692. The van der Waals surface area contributed by atoms with Crippen molar-refractivity contribution in [1.82, 2.24) is 4.72 Å². The van der Waals surface area contributed by atoms with Crippen LogP contribution in [0, 0.1) is 0 Å². The zero-order chi connectivity index (χ0) is 17.3. The van der Waals surface area contributed by atoms with Crippen molar-refractivity contribution in [1.29, 1.82) is 0 Å². The minimum atomic E-state index is -3.54. The van der Waals surface area contributed by atoms with E-state index in [4.69, 9.17) is 4.74 Å². The van der Waals surface area contributed by atoms with E-state index in [1.165, 1.54) is 0 Å². The molecule has 3 rings (SSSR count). The molecule has 7 heteroatoms. The van der Waals surface area contributed by atoms with Crippen molar-refractivity contribution in [2.24, 2.45) is 0 Å². The van der Waals surface area contributed by atoms with E-state index in [2.05, 4.69) is 4.72 Å². The molecule has 2 aliphatic heterocycles. The van der Waals surface area contributed by atoms with Gasteiger partial charge in [0.05, 0.1) is 11.4 Å². The first kappa shape index (κ1) is 17.4. The summed E-state index contributed by atoms with van der Waals surface area (Å²) in [4.78, 5) is 14.4. The second-order valence-electron chi connectivity index (χ2n) is 6.67. The van der Waals surface area contributed by atoms with Crippen LogP contribution in [0.3, 0.4) is 0 Å². The normalized spacial score (nSPS) is 31.4. The first-order chi connectivity index (χ1) is 11.4. The second kappa shape index (κ2) is 6.82. The number of hydrogen-bond donors (Lipinski definition) is 1. The maximum absolute atomic E-state index is 12.7. The van der Waals surface area contributed by atoms with Gasteiger partial charge in [-0.05, 0) is 45.2 Å². The van der Waals surface area contributed by atoms with Gasteiger partial charge >= 0.3 is 0 Å². The lowest BCUT2D eigenvalue weighted by molar-refractivity contribution is -0.118. The van der Waals surface area contributed by atoms with Gasteiger partial charge in [0, 0.05) is 18.3 Å². The van der Waals surface area contributed by atoms with Gasteiger partial charge in [-0.2, -0.15) is 0 Å². The van der Waals surface area contributed by atoms with Crippen LogP contribution in [0.15, 0.2) is 30.3 Å². The molecular weight excluding hydrogens is 328 g/mol. The summed E-state index contributed by atoms with van der Waals surface area (Å²) in [5.74, 6) is -0.183. The summed E-state index contributed by atoms with van der Waals surface area (Å²) in [6.07, 6.45) is 1.35. The summed E-state index contributed by atoms with van der Waals surface area (Å²) >= 11 is 0. The molecular formula is C17H24N2O4S. The Morgan fingerprint density at radius 3 is 2.54 bits per heavy atom. The molecule has 6 nitrogen and oxygen atoms in total. The number of benzene rings is 1. The Hall–Kier alpha value is -1.44. The molecule has 1 aromatic carbocycles. The quantitative estimate of drug-likeness (QED) is 0.894. The van der Waals surface area contributed by atoms with E-state index >= 15 is 0 Å². The highest BCUT2D eigenvalue weighted by molar-refractivity contribution is 7.90. The Morgan fingerprint density at radius 1 is 1.17 bits per heavy atom. The molecule has 4 unspecified atom stereocenters. The van der Waals surface area contributed by atoms with E-state index in [0.717, 1.165) is 5.69 Å². The lowest BCUT2D eigenvalue weighted by atomic mass is 10.1. The average molecular weight is 352 g/mol. The van der Waals surface area contributed by atoms with Gasteiger partial charge in [0.2, 0.25) is 15.9 Å². The highest BCUT2D eigenvalue weighted by Crippen LogP contribution is 2.28. The SMILES string of the molecule is CC1CC(S(=O)(=O)NC2CC(C)N(c3ccccc3)C2=O)CCO1. The van der Waals surface area contributed by atoms with Crippen molar-refractivity contribution in [3.05, 3.63) is 30.3 Å². The van der Waals surface area contributed by atoms with E-state index in [0.29, 0.717) is 25.9 Å². The monoisotopic (exact) mass is 352 g/mol. The van der Waals surface area contributed by atoms with Crippen LogP contribution in [-0.4, -0.2) is 44.4 Å². The molecule has 2 fully saturated rings. The van der Waals surface area contributed by atoms with Gasteiger partial charge in [-0.3, -0.25) is 4.79 Å². The highest BCUT2D eigenvalue weighted by Gasteiger charge is 2.42. The minimum Gasteiger partial charge on any atom is -0.378 e. The fourth-order valence-electron chi connectivity index (χ4n) is 3.53. The van der Waals surface area contributed by atoms with Crippen LogP contribution in [0.2, 0.25) is 0 Å². The maximum atomic E-state index is 12.7. The Labute approximate surface area is 143 Å². The molecule has 0 aliphatic carbocycles. The standard InChI is InChI=1S/C17H24N2O4S/c1-12-10-16(17(20)19(12)14-6-4-3-5-7-14)18-24(21,22)15-8-9-23-13(2)11-15/h3-7,12-13,15-16,18H,8-11H2,1-2H3. The van der Waals surface area contributed by atoms with Crippen LogP contribution in [0.5, 0.6) is 0 Å². The van der Waals surface area contributed by atoms with Crippen molar-refractivity contribution in [2.75, 3.05) is 11.5 Å². The minimum absolute atomic E-state index is 0.0405. The van der Waals surface area contributed by atoms with Crippen LogP contribution in [-0.2, 0) is 19.6 Å². The molecule has 4 atom stereocenters. The molecule has 1 N–H and O–H groups in total. The smallest absolute Gasteiger partial charge is 0.245 e. The Kier molecular flexibility index (Phi) is 4.94. The summed E-state index contributed by atoms with van der Waals surface area (Å²) in [5.41, 5.74) is 0.802. The molecule has 0 bridgehead atoms. The second-order valence-corrected chi connectivity index (χ2v) is 8.66. The number of anilines is 1. The van der Waals surface area contributed by atoms with Crippen LogP contribution < -0.4 is 9.62 Å². The summed E-state index contributed by atoms with van der Waals surface area (Å²) in [6.45, 7) is 4.26. The maximum Gasteiger partial charge on any atom is 0.245 e. The number of hydrogen-bond acceptors (Lipinski definition) is 4. The first-order valence-electron chi connectivity index (χ1n) is 8.39. The van der Waals surface area contributed by atoms with Crippen molar-refractivity contribution >= 4 is 21.6 Å². The van der Waals surface area contributed by atoms with Gasteiger partial charge in [-0.15, -0.1) is 0 Å². The molecule has 0 aromatic heterocycles. The predicted molar refractivity (Wildman–Crippen MR) is 92.3 cm³/mol. The summed E-state index contributed by atoms with van der Waals surface area (Å²) in [7, 11) is -3.54. The molecule has 0 saturated carbocycles. The molecule has 1 aromatic rings. The van der Waals surface area contributed by atoms with Crippen molar-refractivity contribution < 1.29 is 17.9 Å². The van der Waals surface area contributed by atoms with E-state index in [-0.39, 0.29) is 18.1 Å². The van der Waals surface area contributed by atoms with Gasteiger partial charge in [-0.25, -0.2) is 13.1 Å². The summed E-state index contributed by atoms with van der Waals surface area (Å²) in [6, 6.07) is 8.63. The van der Waals surface area contributed by atoms with Crippen molar-refractivity contribution in [2.45, 2.75) is 56.5 Å². The topological polar surface area (TPSA) is 75.7 Å². The Morgan fingerprint density at radius 2 is 1.88 bits per heavy atom. The molecule has 1 amide bonds. The Balaban J connectivity index is 1.73. The van der Waals surface area contributed by atoms with E-state index in [1.807, 2.05) is 44.2 Å². The molecule has 0 radical (unpaired) electrons. The van der Waals surface area contributed by atoms with E-state index in [9.17, 15) is 13.2 Å². The average Bonchev–Trinajstić information content (AvgIpc) is 2.81. The van der Waals surface area contributed by atoms with Crippen molar-refractivity contribution in [3.63, 3.8) is 0 Å². The number of nitrogens with zero attached hydrogens (tertiary/aromatic N) is 1. The van der Waals surface area contributed by atoms with Gasteiger partial charge in [-0.1, -0.05) is 18.2 Å². The molecule has 2 heterocycles. The fraction of sp³-hybridized carbons (Fsp3) is 0.588. The highest BCUT2D eigenvalue weighted by atomic mass is 32.2. The molecule has 24 heavy (non-hydrogen) atoms. The van der Waals surface area contributed by atoms with Crippen LogP contribution in [0.4, 0.5) is 5.69 Å². The van der Waals surface area contributed by atoms with Crippen LogP contribution in [0.1, 0.15) is 33.1 Å². The number of para-hydroxylation sites is 1. The van der Waals surface area contributed by atoms with Crippen LogP contribution >= 0.6 is 0 Å². The first-order valence-corrected chi connectivity index (χ1v) is 9.94. The van der Waals surface area contributed by atoms with Gasteiger partial charge in [0.25, 0.3) is 0 Å². The molecule has 2 aliphatic rings. The number of carbonyl (C=O) groups excluding carboxylic acids is 1. The fourth-order valence-corrected chi connectivity index (χ4v) is 5.25. The third kappa shape index (κ3) is 3.48. The van der Waals surface area contributed by atoms with Crippen molar-refractivity contribution in [3.8, 4) is 0 Å². The molecule has 132 valence electrons. The third-order valence-electron chi connectivity index (χ3n) is 4.77. The van der Waals surface area contributed by atoms with Gasteiger partial charge < -0.3 is 9.64 Å². The molecule has 0 spiro atoms. The number of sulfonamides is 1. The lowest BCUT2D eigenvalue weighted by Gasteiger charge is -2.28. The summed E-state index contributed by atoms with van der Waals surface area (Å²) in [5, 5.41) is -0.491. The molecule has 2 saturated heterocycles. The summed E-state index contributed by atoms with van der Waals surface area (Å²) < 4.78 is 33.4.